The maximum absolute atomic E-state index is 5.66. The predicted molar refractivity (Wildman–Crippen MR) is 62.0 cm³/mol. The Bertz CT molecular complexity index is 182. The van der Waals surface area contributed by atoms with E-state index in [1.165, 1.54) is 19.3 Å². The van der Waals surface area contributed by atoms with Crippen molar-refractivity contribution in [3.05, 3.63) is 0 Å². The molecular formula is C12H24N2O. The van der Waals surface area contributed by atoms with Crippen molar-refractivity contribution in [1.82, 2.24) is 10.6 Å². The molecule has 0 spiro atoms. The lowest BCUT2D eigenvalue weighted by molar-refractivity contribution is 0.0873. The molecule has 2 atom stereocenters. The fraction of sp³-hybridized carbons (Fsp3) is 1.00. The summed E-state index contributed by atoms with van der Waals surface area (Å²) >= 11 is 0. The Morgan fingerprint density at radius 2 is 2.07 bits per heavy atom. The van der Waals surface area contributed by atoms with Crippen molar-refractivity contribution in [2.45, 2.75) is 44.8 Å². The molecule has 1 saturated carbocycles. The Kier molecular flexibility index (Phi) is 4.42. The van der Waals surface area contributed by atoms with Gasteiger partial charge in [-0.1, -0.05) is 6.92 Å². The normalized spacial score (nSPS) is 31.0. The van der Waals surface area contributed by atoms with Crippen molar-refractivity contribution < 1.29 is 4.74 Å². The van der Waals surface area contributed by atoms with Crippen LogP contribution in [0.25, 0.3) is 0 Å². The summed E-state index contributed by atoms with van der Waals surface area (Å²) in [6.45, 7) is 6.53. The van der Waals surface area contributed by atoms with Crippen LogP contribution in [0, 0.1) is 5.92 Å². The summed E-state index contributed by atoms with van der Waals surface area (Å²) in [5, 5.41) is 7.05. The first-order chi connectivity index (χ1) is 7.40. The minimum absolute atomic E-state index is 0.508. The van der Waals surface area contributed by atoms with Gasteiger partial charge < -0.3 is 15.4 Å². The van der Waals surface area contributed by atoms with Gasteiger partial charge in [0.25, 0.3) is 0 Å². The summed E-state index contributed by atoms with van der Waals surface area (Å²) in [6, 6.07) is 0.838. The molecule has 1 heterocycles. The molecule has 0 amide bonds. The van der Waals surface area contributed by atoms with Crippen LogP contribution in [0.5, 0.6) is 0 Å². The lowest BCUT2D eigenvalue weighted by atomic mass is 10.00. The number of nitrogens with one attached hydrogen (secondary N) is 2. The molecule has 2 fully saturated rings. The molecule has 1 aliphatic heterocycles. The molecule has 2 aliphatic rings. The van der Waals surface area contributed by atoms with E-state index in [1.807, 2.05) is 0 Å². The van der Waals surface area contributed by atoms with Gasteiger partial charge in [-0.15, -0.1) is 0 Å². The maximum atomic E-state index is 5.66. The Balaban J connectivity index is 1.48. The number of ether oxygens (including phenoxy) is 1. The van der Waals surface area contributed by atoms with Crippen molar-refractivity contribution in [3.8, 4) is 0 Å². The fourth-order valence-electron chi connectivity index (χ4n) is 2.32. The van der Waals surface area contributed by atoms with Crippen molar-refractivity contribution >= 4 is 0 Å². The van der Waals surface area contributed by atoms with E-state index in [2.05, 4.69) is 17.6 Å². The smallest absolute Gasteiger partial charge is 0.0613 e. The Labute approximate surface area is 93.0 Å². The number of hydrogen-bond donors (Lipinski definition) is 2. The first kappa shape index (κ1) is 11.4. The predicted octanol–water partition coefficient (Wildman–Crippen LogP) is 1.14. The molecule has 3 heteroatoms. The summed E-state index contributed by atoms with van der Waals surface area (Å²) in [5.41, 5.74) is 0. The summed E-state index contributed by atoms with van der Waals surface area (Å²) in [7, 11) is 0. The summed E-state index contributed by atoms with van der Waals surface area (Å²) in [6.07, 6.45) is 5.67. The molecule has 0 bridgehead atoms. The van der Waals surface area contributed by atoms with E-state index < -0.39 is 0 Å². The van der Waals surface area contributed by atoms with Gasteiger partial charge in [-0.2, -0.15) is 0 Å². The molecular weight excluding hydrogens is 188 g/mol. The average molecular weight is 212 g/mol. The minimum atomic E-state index is 0.508. The van der Waals surface area contributed by atoms with Gasteiger partial charge in [0.2, 0.25) is 0 Å². The highest BCUT2D eigenvalue weighted by molar-refractivity contribution is 4.81. The third-order valence-electron chi connectivity index (χ3n) is 3.47. The van der Waals surface area contributed by atoms with Gasteiger partial charge in [0.1, 0.15) is 0 Å². The van der Waals surface area contributed by atoms with Crippen LogP contribution in [0.4, 0.5) is 0 Å². The Morgan fingerprint density at radius 3 is 2.80 bits per heavy atom. The van der Waals surface area contributed by atoms with E-state index in [9.17, 15) is 0 Å². The molecule has 2 unspecified atom stereocenters. The summed E-state index contributed by atoms with van der Waals surface area (Å²) < 4.78 is 5.66. The molecule has 2 rings (SSSR count). The van der Waals surface area contributed by atoms with Gasteiger partial charge in [0, 0.05) is 32.3 Å². The zero-order valence-corrected chi connectivity index (χ0v) is 9.80. The summed E-state index contributed by atoms with van der Waals surface area (Å²) in [4.78, 5) is 0. The van der Waals surface area contributed by atoms with Crippen LogP contribution in [0.15, 0.2) is 0 Å². The Hall–Kier alpha value is -0.120. The second-order valence-corrected chi connectivity index (χ2v) is 4.80. The van der Waals surface area contributed by atoms with Crippen LogP contribution in [-0.2, 0) is 4.74 Å². The van der Waals surface area contributed by atoms with Gasteiger partial charge in [-0.25, -0.2) is 0 Å². The lowest BCUT2D eigenvalue weighted by Crippen LogP contribution is -2.33. The largest absolute Gasteiger partial charge is 0.378 e. The SMILES string of the molecule is CCC1OCCC1CNCCNC1CC1. The van der Waals surface area contributed by atoms with Crippen molar-refractivity contribution in [3.63, 3.8) is 0 Å². The number of rotatable bonds is 7. The summed E-state index contributed by atoms with van der Waals surface area (Å²) in [5.74, 6) is 0.746. The molecule has 3 nitrogen and oxygen atoms in total. The monoisotopic (exact) mass is 212 g/mol. The van der Waals surface area contributed by atoms with E-state index in [-0.39, 0.29) is 0 Å². The Morgan fingerprint density at radius 1 is 1.20 bits per heavy atom. The number of hydrogen-bond acceptors (Lipinski definition) is 3. The van der Waals surface area contributed by atoms with Gasteiger partial charge in [-0.3, -0.25) is 0 Å². The van der Waals surface area contributed by atoms with E-state index in [1.54, 1.807) is 0 Å². The van der Waals surface area contributed by atoms with Gasteiger partial charge in [0.15, 0.2) is 0 Å². The highest BCUT2D eigenvalue weighted by atomic mass is 16.5. The average Bonchev–Trinajstić information content (AvgIpc) is 2.96. The van der Waals surface area contributed by atoms with E-state index >= 15 is 0 Å². The maximum Gasteiger partial charge on any atom is 0.0613 e. The second kappa shape index (κ2) is 5.83. The molecule has 2 N–H and O–H groups in total. The van der Waals surface area contributed by atoms with Crippen LogP contribution in [0.3, 0.4) is 0 Å². The molecule has 0 aromatic rings. The molecule has 1 aliphatic carbocycles. The topological polar surface area (TPSA) is 33.3 Å². The third kappa shape index (κ3) is 3.74. The minimum Gasteiger partial charge on any atom is -0.378 e. The molecule has 15 heavy (non-hydrogen) atoms. The van der Waals surface area contributed by atoms with Gasteiger partial charge >= 0.3 is 0 Å². The van der Waals surface area contributed by atoms with Crippen LogP contribution < -0.4 is 10.6 Å². The zero-order chi connectivity index (χ0) is 10.5. The lowest BCUT2D eigenvalue weighted by Gasteiger charge is -2.17. The van der Waals surface area contributed by atoms with Crippen LogP contribution >= 0.6 is 0 Å². The van der Waals surface area contributed by atoms with Crippen LogP contribution in [-0.4, -0.2) is 38.4 Å². The standard InChI is InChI=1S/C12H24N2O/c1-2-12-10(5-8-15-12)9-13-6-7-14-11-3-4-11/h10-14H,2-9H2,1H3. The third-order valence-corrected chi connectivity index (χ3v) is 3.47. The molecule has 0 aromatic heterocycles. The highest BCUT2D eigenvalue weighted by Crippen LogP contribution is 2.22. The van der Waals surface area contributed by atoms with Crippen molar-refractivity contribution in [2.24, 2.45) is 5.92 Å². The van der Waals surface area contributed by atoms with E-state index in [0.29, 0.717) is 6.10 Å². The van der Waals surface area contributed by atoms with Crippen LogP contribution in [0.1, 0.15) is 32.6 Å². The van der Waals surface area contributed by atoms with Crippen LogP contribution in [0.2, 0.25) is 0 Å². The molecule has 88 valence electrons. The molecule has 0 aromatic carbocycles. The van der Waals surface area contributed by atoms with E-state index in [4.69, 9.17) is 4.74 Å². The zero-order valence-electron chi connectivity index (χ0n) is 9.80. The fourth-order valence-corrected chi connectivity index (χ4v) is 2.32. The van der Waals surface area contributed by atoms with Crippen molar-refractivity contribution in [2.75, 3.05) is 26.2 Å². The molecule has 0 radical (unpaired) electrons. The first-order valence-corrected chi connectivity index (χ1v) is 6.46. The van der Waals surface area contributed by atoms with E-state index in [0.717, 1.165) is 44.6 Å². The highest BCUT2D eigenvalue weighted by Gasteiger charge is 2.26. The van der Waals surface area contributed by atoms with Gasteiger partial charge in [0.05, 0.1) is 6.10 Å². The molecule has 1 saturated heterocycles. The van der Waals surface area contributed by atoms with Gasteiger partial charge in [-0.05, 0) is 31.6 Å². The first-order valence-electron chi connectivity index (χ1n) is 6.46. The second-order valence-electron chi connectivity index (χ2n) is 4.80. The quantitative estimate of drug-likeness (QED) is 0.621. The van der Waals surface area contributed by atoms with Crippen molar-refractivity contribution in [1.29, 1.82) is 0 Å².